The van der Waals surface area contributed by atoms with E-state index in [1.807, 2.05) is 0 Å². The summed E-state index contributed by atoms with van der Waals surface area (Å²) in [6.45, 7) is -0.677. The second-order valence-electron chi connectivity index (χ2n) is 4.78. The van der Waals surface area contributed by atoms with Crippen molar-refractivity contribution in [2.75, 3.05) is 11.9 Å². The van der Waals surface area contributed by atoms with E-state index >= 15 is 0 Å². The first-order valence-corrected chi connectivity index (χ1v) is 6.70. The van der Waals surface area contributed by atoms with Crippen LogP contribution in [-0.2, 0) is 11.0 Å². The number of carbonyl (C=O) groups is 1. The molecule has 0 aliphatic carbocycles. The molecule has 6 nitrogen and oxygen atoms in total. The number of benzene rings is 2. The zero-order valence-corrected chi connectivity index (χ0v) is 12.3. The summed E-state index contributed by atoms with van der Waals surface area (Å²) in [6, 6.07) is 6.50. The smallest absolute Gasteiger partial charge is 0.416 e. The van der Waals surface area contributed by atoms with Crippen molar-refractivity contribution in [3.8, 4) is 5.75 Å². The topological polar surface area (TPSA) is 81.5 Å². The molecule has 0 atom stereocenters. The molecule has 0 fully saturated rings. The third kappa shape index (κ3) is 4.90. The number of hydrogen-bond acceptors (Lipinski definition) is 4. The van der Waals surface area contributed by atoms with Gasteiger partial charge in [-0.05, 0) is 36.4 Å². The number of carbonyl (C=O) groups excluding carboxylic acids is 1. The largest absolute Gasteiger partial charge is 0.477 e. The van der Waals surface area contributed by atoms with Crippen molar-refractivity contribution < 1.29 is 32.0 Å². The van der Waals surface area contributed by atoms with Crippen LogP contribution in [-0.4, -0.2) is 17.4 Å². The predicted molar refractivity (Wildman–Crippen MR) is 78.6 cm³/mol. The number of nitro groups is 1. The van der Waals surface area contributed by atoms with Crippen LogP contribution in [0.3, 0.4) is 0 Å². The number of nitro benzene ring substituents is 1. The van der Waals surface area contributed by atoms with Gasteiger partial charge in [0, 0.05) is 11.8 Å². The Morgan fingerprint density at radius 1 is 1.16 bits per heavy atom. The molecule has 0 saturated heterocycles. The normalized spacial score (nSPS) is 11.0. The lowest BCUT2D eigenvalue weighted by molar-refractivity contribution is -0.386. The molecule has 0 aromatic heterocycles. The second-order valence-corrected chi connectivity index (χ2v) is 4.78. The van der Waals surface area contributed by atoms with Crippen LogP contribution >= 0.6 is 0 Å². The third-order valence-electron chi connectivity index (χ3n) is 2.97. The van der Waals surface area contributed by atoms with Gasteiger partial charge in [0.25, 0.3) is 5.91 Å². The van der Waals surface area contributed by atoms with Gasteiger partial charge in [0.1, 0.15) is 5.82 Å². The molecule has 2 aromatic rings. The summed E-state index contributed by atoms with van der Waals surface area (Å²) in [7, 11) is 0. The first-order chi connectivity index (χ1) is 11.7. The van der Waals surface area contributed by atoms with Gasteiger partial charge < -0.3 is 10.1 Å². The molecule has 0 unspecified atom stereocenters. The Labute approximate surface area is 138 Å². The molecule has 1 N–H and O–H groups in total. The summed E-state index contributed by atoms with van der Waals surface area (Å²) in [5.41, 5.74) is -1.86. The van der Waals surface area contributed by atoms with Crippen LogP contribution in [0.4, 0.5) is 28.9 Å². The van der Waals surface area contributed by atoms with Gasteiger partial charge in [-0.25, -0.2) is 4.39 Å². The summed E-state index contributed by atoms with van der Waals surface area (Å²) in [5.74, 6) is -1.71. The van der Waals surface area contributed by atoms with Crippen LogP contribution in [0.25, 0.3) is 0 Å². The monoisotopic (exact) mass is 358 g/mol. The molecule has 2 aromatic carbocycles. The Balaban J connectivity index is 2.07. The minimum absolute atomic E-state index is 0.261. The number of hydrogen-bond donors (Lipinski definition) is 1. The van der Waals surface area contributed by atoms with Crippen molar-refractivity contribution in [1.82, 2.24) is 0 Å². The van der Waals surface area contributed by atoms with Gasteiger partial charge in [-0.15, -0.1) is 0 Å². The maximum atomic E-state index is 12.7. The summed E-state index contributed by atoms with van der Waals surface area (Å²) >= 11 is 0. The fourth-order valence-corrected chi connectivity index (χ4v) is 1.83. The highest BCUT2D eigenvalue weighted by Gasteiger charge is 2.33. The maximum Gasteiger partial charge on any atom is 0.416 e. The van der Waals surface area contributed by atoms with Crippen LogP contribution in [0.5, 0.6) is 5.75 Å². The number of rotatable bonds is 5. The van der Waals surface area contributed by atoms with Crippen LogP contribution in [0.2, 0.25) is 0 Å². The highest BCUT2D eigenvalue weighted by Crippen LogP contribution is 2.36. The third-order valence-corrected chi connectivity index (χ3v) is 2.97. The first kappa shape index (κ1) is 18.2. The summed E-state index contributed by atoms with van der Waals surface area (Å²) in [5, 5.41) is 13.2. The Morgan fingerprint density at radius 3 is 2.36 bits per heavy atom. The van der Waals surface area contributed by atoms with Crippen LogP contribution < -0.4 is 10.1 Å². The van der Waals surface area contributed by atoms with E-state index in [0.717, 1.165) is 18.2 Å². The molecule has 1 amide bonds. The predicted octanol–water partition coefficient (Wildman–Crippen LogP) is 3.77. The van der Waals surface area contributed by atoms with Crippen molar-refractivity contribution >= 4 is 17.3 Å². The number of anilines is 1. The van der Waals surface area contributed by atoms with Crippen molar-refractivity contribution in [3.63, 3.8) is 0 Å². The Bertz CT molecular complexity index is 791. The van der Waals surface area contributed by atoms with E-state index in [4.69, 9.17) is 4.74 Å². The fourth-order valence-electron chi connectivity index (χ4n) is 1.83. The average Bonchev–Trinajstić information content (AvgIpc) is 2.54. The van der Waals surface area contributed by atoms with Crippen LogP contribution in [0.1, 0.15) is 5.56 Å². The molecule has 0 radical (unpaired) electrons. The molecule has 0 saturated carbocycles. The Hall–Kier alpha value is -3.17. The van der Waals surface area contributed by atoms with Crippen molar-refractivity contribution in [1.29, 1.82) is 0 Å². The van der Waals surface area contributed by atoms with E-state index in [1.165, 1.54) is 12.1 Å². The molecule has 132 valence electrons. The number of halogens is 4. The van der Waals surface area contributed by atoms with Crippen molar-refractivity contribution in [2.45, 2.75) is 6.18 Å². The standard InChI is InChI=1S/C15H10F4N2O4/c16-10-2-4-11(5-3-10)20-14(22)8-25-13-6-1-9(15(17,18)19)7-12(13)21(23)24/h1-7H,8H2,(H,20,22). The van der Waals surface area contributed by atoms with Gasteiger partial charge in [-0.2, -0.15) is 13.2 Å². The lowest BCUT2D eigenvalue weighted by atomic mass is 10.2. The van der Waals surface area contributed by atoms with Crippen molar-refractivity contribution in [3.05, 3.63) is 64.0 Å². The van der Waals surface area contributed by atoms with E-state index in [9.17, 15) is 32.5 Å². The van der Waals surface area contributed by atoms with Gasteiger partial charge in [0.15, 0.2) is 12.4 Å². The number of amides is 1. The van der Waals surface area contributed by atoms with Gasteiger partial charge in [-0.3, -0.25) is 14.9 Å². The number of ether oxygens (including phenoxy) is 1. The Kier molecular flexibility index (Phi) is 5.20. The van der Waals surface area contributed by atoms with Crippen molar-refractivity contribution in [2.24, 2.45) is 0 Å². The molecule has 25 heavy (non-hydrogen) atoms. The van der Waals surface area contributed by atoms with E-state index in [2.05, 4.69) is 5.32 Å². The molecule has 0 aliphatic rings. The van der Waals surface area contributed by atoms with Gasteiger partial charge in [-0.1, -0.05) is 0 Å². The lowest BCUT2D eigenvalue weighted by Gasteiger charge is -2.10. The number of nitrogens with one attached hydrogen (secondary N) is 1. The zero-order valence-electron chi connectivity index (χ0n) is 12.3. The van der Waals surface area contributed by atoms with E-state index in [1.54, 1.807) is 0 Å². The molecule has 2 rings (SSSR count). The molecule has 0 aliphatic heterocycles. The van der Waals surface area contributed by atoms with Gasteiger partial charge >= 0.3 is 11.9 Å². The molecule has 0 heterocycles. The minimum atomic E-state index is -4.75. The van der Waals surface area contributed by atoms with Crippen LogP contribution in [0, 0.1) is 15.9 Å². The number of alkyl halides is 3. The van der Waals surface area contributed by atoms with E-state index in [-0.39, 0.29) is 5.69 Å². The summed E-state index contributed by atoms with van der Waals surface area (Å²) < 4.78 is 55.5. The molecule has 10 heteroatoms. The SMILES string of the molecule is O=C(COc1ccc(C(F)(F)F)cc1[N+](=O)[O-])Nc1ccc(F)cc1. The molecular weight excluding hydrogens is 348 g/mol. The maximum absolute atomic E-state index is 12.7. The summed E-state index contributed by atoms with van der Waals surface area (Å²) in [6.07, 6.45) is -4.75. The van der Waals surface area contributed by atoms with Gasteiger partial charge in [0.2, 0.25) is 0 Å². The molecule has 0 spiro atoms. The molecule has 0 bridgehead atoms. The second kappa shape index (κ2) is 7.16. The average molecular weight is 358 g/mol. The Morgan fingerprint density at radius 2 is 1.80 bits per heavy atom. The van der Waals surface area contributed by atoms with Gasteiger partial charge in [0.05, 0.1) is 10.5 Å². The van der Waals surface area contributed by atoms with E-state index < -0.39 is 46.4 Å². The quantitative estimate of drug-likeness (QED) is 0.501. The highest BCUT2D eigenvalue weighted by atomic mass is 19.4. The minimum Gasteiger partial charge on any atom is -0.477 e. The molecular formula is C15H10F4N2O4. The zero-order chi connectivity index (χ0) is 18.6. The number of nitrogens with zero attached hydrogens (tertiary/aromatic N) is 1. The highest BCUT2D eigenvalue weighted by molar-refractivity contribution is 5.91. The first-order valence-electron chi connectivity index (χ1n) is 6.70. The summed E-state index contributed by atoms with van der Waals surface area (Å²) in [4.78, 5) is 21.5. The van der Waals surface area contributed by atoms with Crippen LogP contribution in [0.15, 0.2) is 42.5 Å². The lowest BCUT2D eigenvalue weighted by Crippen LogP contribution is -2.20. The fraction of sp³-hybridized carbons (Fsp3) is 0.133. The van der Waals surface area contributed by atoms with E-state index in [0.29, 0.717) is 12.1 Å².